The highest BCUT2D eigenvalue weighted by molar-refractivity contribution is 8.00. The van der Waals surface area contributed by atoms with Crippen molar-refractivity contribution in [1.82, 2.24) is 5.32 Å². The number of carboxylic acids is 1. The van der Waals surface area contributed by atoms with Crippen LogP contribution in [0.15, 0.2) is 0 Å². The van der Waals surface area contributed by atoms with E-state index in [2.05, 4.69) is 5.32 Å². The minimum Gasteiger partial charge on any atom is -0.480 e. The van der Waals surface area contributed by atoms with E-state index in [0.717, 1.165) is 5.75 Å². The van der Waals surface area contributed by atoms with E-state index in [-0.39, 0.29) is 23.5 Å². The van der Waals surface area contributed by atoms with Crippen molar-refractivity contribution in [3.63, 3.8) is 0 Å². The van der Waals surface area contributed by atoms with Crippen LogP contribution in [-0.2, 0) is 19.1 Å². The molecule has 0 aromatic rings. The third kappa shape index (κ3) is 9.91. The normalized spacial score (nSPS) is 14.7. The van der Waals surface area contributed by atoms with Crippen LogP contribution in [0.4, 0.5) is 0 Å². The minimum atomic E-state index is -1.06. The molecule has 128 valence electrons. The van der Waals surface area contributed by atoms with Gasteiger partial charge in [-0.05, 0) is 12.7 Å². The number of thioether (sulfide) groups is 2. The lowest BCUT2D eigenvalue weighted by Crippen LogP contribution is -2.43. The molecule has 0 fully saturated rings. The zero-order valence-corrected chi connectivity index (χ0v) is 14.7. The number of nitrogens with one attached hydrogen (secondary N) is 1. The molecular weight excluding hydrogens is 328 g/mol. The van der Waals surface area contributed by atoms with Gasteiger partial charge < -0.3 is 20.9 Å². The number of carbonyl (C=O) groups is 3. The largest absolute Gasteiger partial charge is 0.480 e. The van der Waals surface area contributed by atoms with Crippen LogP contribution < -0.4 is 11.1 Å². The fourth-order valence-corrected chi connectivity index (χ4v) is 2.87. The molecule has 0 saturated carbocycles. The Balaban J connectivity index is 4.19. The van der Waals surface area contributed by atoms with Gasteiger partial charge in [0.05, 0.1) is 0 Å². The van der Waals surface area contributed by atoms with Crippen molar-refractivity contribution < 1.29 is 24.2 Å². The second-order valence-corrected chi connectivity index (χ2v) is 7.42. The lowest BCUT2D eigenvalue weighted by molar-refractivity contribution is -0.146. The molecule has 0 radical (unpaired) electrons. The molecular formula is C13H24N2O5S2. The van der Waals surface area contributed by atoms with E-state index < -0.39 is 24.0 Å². The number of aliphatic carboxylic acids is 1. The lowest BCUT2D eigenvalue weighted by atomic mass is 10.3. The van der Waals surface area contributed by atoms with Crippen molar-refractivity contribution in [3.05, 3.63) is 0 Å². The molecule has 22 heavy (non-hydrogen) atoms. The first kappa shape index (κ1) is 21.1. The zero-order valence-electron chi connectivity index (χ0n) is 13.0. The van der Waals surface area contributed by atoms with Crippen LogP contribution in [0.3, 0.4) is 0 Å². The molecule has 0 aliphatic rings. The lowest BCUT2D eigenvalue weighted by Gasteiger charge is -2.18. The van der Waals surface area contributed by atoms with Crippen molar-refractivity contribution in [3.8, 4) is 0 Å². The van der Waals surface area contributed by atoms with Crippen molar-refractivity contribution in [1.29, 1.82) is 0 Å². The van der Waals surface area contributed by atoms with Crippen molar-refractivity contribution in [2.45, 2.75) is 38.1 Å². The fourth-order valence-electron chi connectivity index (χ4n) is 1.34. The third-order valence-corrected chi connectivity index (χ3v) is 4.72. The summed E-state index contributed by atoms with van der Waals surface area (Å²) in [5.41, 5.74) is 5.40. The molecule has 7 nitrogen and oxygen atoms in total. The Morgan fingerprint density at radius 2 is 1.95 bits per heavy atom. The first-order chi connectivity index (χ1) is 10.3. The molecule has 0 spiro atoms. The van der Waals surface area contributed by atoms with E-state index in [1.54, 1.807) is 0 Å². The van der Waals surface area contributed by atoms with Crippen LogP contribution >= 0.6 is 23.5 Å². The molecule has 0 aliphatic carbocycles. The SMILES string of the molecule is CCSCC(NC(C)=O)C(=O)OCC(C)SCC(N)C(=O)O. The Kier molecular flexibility index (Phi) is 11.1. The molecule has 0 aromatic carbocycles. The third-order valence-electron chi connectivity index (χ3n) is 2.49. The van der Waals surface area contributed by atoms with Crippen molar-refractivity contribution in [2.75, 3.05) is 23.9 Å². The minimum absolute atomic E-state index is 0.0776. The van der Waals surface area contributed by atoms with Crippen molar-refractivity contribution >= 4 is 41.4 Å². The van der Waals surface area contributed by atoms with Gasteiger partial charge in [-0.2, -0.15) is 23.5 Å². The fraction of sp³-hybridized carbons (Fsp3) is 0.769. The number of ether oxygens (including phenoxy) is 1. The highest BCUT2D eigenvalue weighted by Crippen LogP contribution is 2.12. The molecule has 3 atom stereocenters. The van der Waals surface area contributed by atoms with Crippen LogP contribution in [0.5, 0.6) is 0 Å². The van der Waals surface area contributed by atoms with Crippen LogP contribution in [0.1, 0.15) is 20.8 Å². The summed E-state index contributed by atoms with van der Waals surface area (Å²) in [5.74, 6) is -0.281. The summed E-state index contributed by atoms with van der Waals surface area (Å²) in [7, 11) is 0. The van der Waals surface area contributed by atoms with Crippen LogP contribution in [0.2, 0.25) is 0 Å². The van der Waals surface area contributed by atoms with E-state index in [1.165, 1.54) is 30.4 Å². The molecule has 0 rings (SSSR count). The molecule has 1 amide bonds. The predicted molar refractivity (Wildman–Crippen MR) is 89.1 cm³/mol. The monoisotopic (exact) mass is 352 g/mol. The summed E-state index contributed by atoms with van der Waals surface area (Å²) >= 11 is 2.86. The van der Waals surface area contributed by atoms with Gasteiger partial charge in [0.1, 0.15) is 18.7 Å². The summed E-state index contributed by atoms with van der Waals surface area (Å²) in [6, 6.07) is -1.60. The molecule has 9 heteroatoms. The standard InChI is InChI=1S/C13H24N2O5S2/c1-4-21-7-11(15-9(3)16)13(19)20-5-8(2)22-6-10(14)12(17)18/h8,10-11H,4-7,14H2,1-3H3,(H,15,16)(H,17,18). The highest BCUT2D eigenvalue weighted by atomic mass is 32.2. The maximum absolute atomic E-state index is 12.0. The number of hydrogen-bond donors (Lipinski definition) is 3. The number of amides is 1. The number of rotatable bonds is 11. The number of hydrogen-bond acceptors (Lipinski definition) is 7. The van der Waals surface area contributed by atoms with Gasteiger partial charge in [0, 0.05) is 23.7 Å². The van der Waals surface area contributed by atoms with E-state index in [1.807, 2.05) is 13.8 Å². The second kappa shape index (κ2) is 11.6. The van der Waals surface area contributed by atoms with E-state index >= 15 is 0 Å². The molecule has 0 aromatic heterocycles. The molecule has 0 aliphatic heterocycles. The van der Waals surface area contributed by atoms with E-state index in [4.69, 9.17) is 15.6 Å². The Morgan fingerprint density at radius 3 is 2.45 bits per heavy atom. The van der Waals surface area contributed by atoms with Gasteiger partial charge in [-0.15, -0.1) is 0 Å². The summed E-state index contributed by atoms with van der Waals surface area (Å²) in [5, 5.41) is 11.2. The van der Waals surface area contributed by atoms with Gasteiger partial charge in [-0.25, -0.2) is 4.79 Å². The quantitative estimate of drug-likeness (QED) is 0.455. The second-order valence-electron chi connectivity index (χ2n) is 4.63. The predicted octanol–water partition coefficient (Wildman–Crippen LogP) is 0.321. The Labute approximate surface area is 139 Å². The summed E-state index contributed by atoms with van der Waals surface area (Å²) in [4.78, 5) is 33.7. The zero-order chi connectivity index (χ0) is 17.1. The molecule has 0 bridgehead atoms. The van der Waals surface area contributed by atoms with Gasteiger partial charge in [-0.1, -0.05) is 6.92 Å². The number of nitrogens with two attached hydrogens (primary N) is 1. The van der Waals surface area contributed by atoms with Gasteiger partial charge in [0.15, 0.2) is 0 Å². The van der Waals surface area contributed by atoms with Crippen molar-refractivity contribution in [2.24, 2.45) is 5.73 Å². The van der Waals surface area contributed by atoms with Crippen LogP contribution in [0.25, 0.3) is 0 Å². The average molecular weight is 352 g/mol. The molecule has 0 heterocycles. The van der Waals surface area contributed by atoms with E-state index in [0.29, 0.717) is 5.75 Å². The molecule has 3 unspecified atom stereocenters. The van der Waals surface area contributed by atoms with Gasteiger partial charge in [0.25, 0.3) is 0 Å². The Hall–Kier alpha value is -0.930. The van der Waals surface area contributed by atoms with Gasteiger partial charge >= 0.3 is 11.9 Å². The smallest absolute Gasteiger partial charge is 0.329 e. The van der Waals surface area contributed by atoms with Gasteiger partial charge in [0.2, 0.25) is 5.91 Å². The first-order valence-electron chi connectivity index (χ1n) is 6.89. The number of esters is 1. The summed E-state index contributed by atoms with van der Waals surface area (Å²) < 4.78 is 5.18. The van der Waals surface area contributed by atoms with Crippen LogP contribution in [-0.4, -0.2) is 64.2 Å². The maximum Gasteiger partial charge on any atom is 0.329 e. The molecule has 4 N–H and O–H groups in total. The summed E-state index contributed by atoms with van der Waals surface area (Å²) in [6.07, 6.45) is 0. The maximum atomic E-state index is 12.0. The average Bonchev–Trinajstić information content (AvgIpc) is 2.45. The topological polar surface area (TPSA) is 119 Å². The number of carboxylic acid groups (broad SMARTS) is 1. The first-order valence-corrected chi connectivity index (χ1v) is 9.09. The Bertz CT molecular complexity index is 381. The number of carbonyl (C=O) groups excluding carboxylic acids is 2. The Morgan fingerprint density at radius 1 is 1.32 bits per heavy atom. The highest BCUT2D eigenvalue weighted by Gasteiger charge is 2.22. The molecule has 0 saturated heterocycles. The van der Waals surface area contributed by atoms with Crippen LogP contribution in [0, 0.1) is 0 Å². The van der Waals surface area contributed by atoms with E-state index in [9.17, 15) is 14.4 Å². The summed E-state index contributed by atoms with van der Waals surface area (Å²) in [6.45, 7) is 5.28. The van der Waals surface area contributed by atoms with Gasteiger partial charge in [-0.3, -0.25) is 9.59 Å².